The lowest BCUT2D eigenvalue weighted by Gasteiger charge is -2.15. The molecule has 2 aliphatic rings. The van der Waals surface area contributed by atoms with Gasteiger partial charge in [0.05, 0.1) is 43.7 Å². The molecule has 278 valence electrons. The van der Waals surface area contributed by atoms with Gasteiger partial charge >= 0.3 is 0 Å². The van der Waals surface area contributed by atoms with E-state index in [2.05, 4.69) is 51.0 Å². The molecule has 58 heavy (non-hydrogen) atoms. The number of benzene rings is 6. The van der Waals surface area contributed by atoms with Crippen LogP contribution in [0.25, 0.3) is 21.5 Å². The Labute approximate surface area is 335 Å². The summed E-state index contributed by atoms with van der Waals surface area (Å²) in [6.45, 7) is 1.16. The van der Waals surface area contributed by atoms with Gasteiger partial charge in [0.1, 0.15) is 34.6 Å². The van der Waals surface area contributed by atoms with Gasteiger partial charge in [0.15, 0.2) is 11.6 Å². The first-order valence-corrected chi connectivity index (χ1v) is 18.3. The summed E-state index contributed by atoms with van der Waals surface area (Å²) in [5, 5.41) is 25.9. The van der Waals surface area contributed by atoms with Crippen molar-refractivity contribution in [2.75, 3.05) is 47.4 Å². The number of nitriles is 1. The van der Waals surface area contributed by atoms with Gasteiger partial charge in [-0.15, -0.1) is 25.7 Å². The maximum absolute atomic E-state index is 14.2. The SMILES string of the molecule is C#CCNc1cc(NCC#C)cc(Oc2ccc3cc4c(cc3c2)C2C(=O)c3cc5ccc(Oc6cc(NCC#C)cc(NCC#C)c6C#N)cc5cc3C2C4=O)c1. The number of nitrogens with zero attached hydrogens (tertiary/aromatic N) is 1. The minimum atomic E-state index is -0.653. The zero-order chi connectivity index (χ0) is 40.3. The van der Waals surface area contributed by atoms with E-state index in [1.165, 1.54) is 0 Å². The number of nitrogens with one attached hydrogen (secondary N) is 4. The number of hydrogen-bond donors (Lipinski definition) is 4. The van der Waals surface area contributed by atoms with Crippen molar-refractivity contribution in [3.63, 3.8) is 0 Å². The first-order chi connectivity index (χ1) is 28.3. The third-order valence-electron chi connectivity index (χ3n) is 10.2. The summed E-state index contributed by atoms with van der Waals surface area (Å²) in [4.78, 5) is 28.4. The molecule has 0 spiro atoms. The van der Waals surface area contributed by atoms with Crippen LogP contribution in [-0.4, -0.2) is 37.7 Å². The van der Waals surface area contributed by atoms with Crippen LogP contribution in [0.2, 0.25) is 0 Å². The topological polar surface area (TPSA) is 125 Å². The summed E-state index contributed by atoms with van der Waals surface area (Å²) < 4.78 is 12.6. The van der Waals surface area contributed by atoms with Crippen molar-refractivity contribution >= 4 is 55.9 Å². The summed E-state index contributed by atoms with van der Waals surface area (Å²) in [6.07, 6.45) is 21.8. The molecule has 0 fully saturated rings. The van der Waals surface area contributed by atoms with Crippen molar-refractivity contribution in [2.45, 2.75) is 11.8 Å². The molecule has 0 heterocycles. The predicted molar refractivity (Wildman–Crippen MR) is 229 cm³/mol. The third-order valence-corrected chi connectivity index (χ3v) is 10.2. The molecule has 0 amide bonds. The maximum Gasteiger partial charge on any atom is 0.171 e. The summed E-state index contributed by atoms with van der Waals surface area (Å²) >= 11 is 0. The van der Waals surface area contributed by atoms with Crippen LogP contribution < -0.4 is 30.7 Å². The highest BCUT2D eigenvalue weighted by Crippen LogP contribution is 2.53. The second-order valence-corrected chi connectivity index (χ2v) is 13.8. The second kappa shape index (κ2) is 15.5. The van der Waals surface area contributed by atoms with Gasteiger partial charge in [0, 0.05) is 46.4 Å². The van der Waals surface area contributed by atoms with E-state index in [0.717, 1.165) is 32.9 Å². The number of ether oxygens (including phenoxy) is 2. The van der Waals surface area contributed by atoms with Crippen LogP contribution in [0, 0.1) is 60.7 Å². The zero-order valence-corrected chi connectivity index (χ0v) is 31.0. The molecule has 4 N–H and O–H groups in total. The van der Waals surface area contributed by atoms with Crippen molar-refractivity contribution in [3.8, 4) is 78.4 Å². The summed E-state index contributed by atoms with van der Waals surface area (Å²) in [5.41, 5.74) is 5.41. The molecular formula is C49H33N5O4. The third kappa shape index (κ3) is 6.80. The molecule has 0 aromatic heterocycles. The quantitative estimate of drug-likeness (QED) is 0.0907. The highest BCUT2D eigenvalue weighted by molar-refractivity contribution is 6.22. The molecule has 8 rings (SSSR count). The number of carbonyl (C=O) groups excluding carboxylic acids is 2. The first kappa shape index (κ1) is 36.7. The Hall–Kier alpha value is -8.29. The minimum absolute atomic E-state index is 0.0914. The summed E-state index contributed by atoms with van der Waals surface area (Å²) in [7, 11) is 0. The Kier molecular flexibility index (Phi) is 9.77. The fraction of sp³-hybridized carbons (Fsp3) is 0.122. The van der Waals surface area contributed by atoms with Gasteiger partial charge in [-0.25, -0.2) is 0 Å². The van der Waals surface area contributed by atoms with E-state index in [1.54, 1.807) is 18.2 Å². The average molecular weight is 756 g/mol. The lowest BCUT2D eigenvalue weighted by atomic mass is 9.91. The van der Waals surface area contributed by atoms with Gasteiger partial charge in [-0.3, -0.25) is 9.59 Å². The number of ketones is 2. The fourth-order valence-electron chi connectivity index (χ4n) is 7.72. The molecule has 9 heteroatoms. The maximum atomic E-state index is 14.2. The van der Waals surface area contributed by atoms with Crippen molar-refractivity contribution < 1.29 is 19.1 Å². The van der Waals surface area contributed by atoms with Crippen LogP contribution in [0.3, 0.4) is 0 Å². The molecule has 0 bridgehead atoms. The number of rotatable bonds is 12. The van der Waals surface area contributed by atoms with Crippen LogP contribution in [0.5, 0.6) is 23.0 Å². The van der Waals surface area contributed by atoms with Gasteiger partial charge in [-0.2, -0.15) is 5.26 Å². The van der Waals surface area contributed by atoms with Crippen LogP contribution in [0.1, 0.15) is 49.2 Å². The lowest BCUT2D eigenvalue weighted by Crippen LogP contribution is -2.09. The number of Topliss-reactive ketones (excluding diaryl/α,β-unsaturated/α-hetero) is 2. The molecule has 0 radical (unpaired) electrons. The first-order valence-electron chi connectivity index (χ1n) is 18.3. The standard InChI is InChI=1S/C49H33N5O4/c1-5-13-51-33-23-34(52-14-6-2)25-38(24-33)57-36-11-9-29-19-41-39(21-31(29)17-36)46-47(48(41)55)40-22-32-18-37(12-10-30(32)20-42(40)49(46)56)58-45-27-35(53-15-7-3)26-44(43(45)28-50)54-16-8-4/h1-4,9-12,17-27,46-47,51-54H,13-16H2. The normalized spacial score (nSPS) is 14.5. The van der Waals surface area contributed by atoms with E-state index < -0.39 is 11.8 Å². The van der Waals surface area contributed by atoms with Gasteiger partial charge < -0.3 is 30.7 Å². The van der Waals surface area contributed by atoms with E-state index in [0.29, 0.717) is 69.7 Å². The number of anilines is 4. The molecule has 2 unspecified atom stereocenters. The Balaban J connectivity index is 1.10. The predicted octanol–water partition coefficient (Wildman–Crippen LogP) is 8.89. The molecule has 0 aliphatic heterocycles. The summed E-state index contributed by atoms with van der Waals surface area (Å²) in [6, 6.07) is 29.9. The molecule has 0 saturated carbocycles. The largest absolute Gasteiger partial charge is 0.457 e. The van der Waals surface area contributed by atoms with Gasteiger partial charge in [0.25, 0.3) is 0 Å². The van der Waals surface area contributed by atoms with Gasteiger partial charge in [-0.1, -0.05) is 35.8 Å². The average Bonchev–Trinajstić information content (AvgIpc) is 3.67. The highest BCUT2D eigenvalue weighted by Gasteiger charge is 2.51. The van der Waals surface area contributed by atoms with E-state index in [1.807, 2.05) is 72.8 Å². The number of fused-ring (bicyclic) bond motifs is 7. The Morgan fingerprint density at radius 2 is 1.00 bits per heavy atom. The molecule has 6 aromatic rings. The van der Waals surface area contributed by atoms with Crippen molar-refractivity contribution in [2.24, 2.45) is 0 Å². The second-order valence-electron chi connectivity index (χ2n) is 13.8. The monoisotopic (exact) mass is 755 g/mol. The molecule has 6 aromatic carbocycles. The van der Waals surface area contributed by atoms with Crippen molar-refractivity contribution in [3.05, 3.63) is 119 Å². The molecule has 2 aliphatic carbocycles. The van der Waals surface area contributed by atoms with Gasteiger partial charge in [0.2, 0.25) is 0 Å². The molecule has 2 atom stereocenters. The minimum Gasteiger partial charge on any atom is -0.457 e. The number of terminal acetylenes is 4. The fourth-order valence-corrected chi connectivity index (χ4v) is 7.72. The number of hydrogen-bond acceptors (Lipinski definition) is 9. The van der Waals surface area contributed by atoms with E-state index in [-0.39, 0.29) is 30.2 Å². The molecular weight excluding hydrogens is 723 g/mol. The van der Waals surface area contributed by atoms with E-state index in [4.69, 9.17) is 35.2 Å². The highest BCUT2D eigenvalue weighted by atomic mass is 16.5. The van der Waals surface area contributed by atoms with E-state index >= 15 is 0 Å². The Morgan fingerprint density at radius 1 is 0.517 bits per heavy atom. The van der Waals surface area contributed by atoms with Crippen molar-refractivity contribution in [1.82, 2.24) is 0 Å². The molecule has 0 saturated heterocycles. The Bertz CT molecular complexity index is 2900. The number of carbonyl (C=O) groups is 2. The van der Waals surface area contributed by atoms with Gasteiger partial charge in [-0.05, 0) is 93.3 Å². The van der Waals surface area contributed by atoms with E-state index in [9.17, 15) is 14.9 Å². The zero-order valence-electron chi connectivity index (χ0n) is 31.0. The van der Waals surface area contributed by atoms with Crippen LogP contribution in [0.4, 0.5) is 22.7 Å². The van der Waals surface area contributed by atoms with Crippen LogP contribution >= 0.6 is 0 Å². The smallest absolute Gasteiger partial charge is 0.171 e. The van der Waals surface area contributed by atoms with Crippen LogP contribution in [-0.2, 0) is 0 Å². The molecule has 9 nitrogen and oxygen atoms in total. The lowest BCUT2D eigenvalue weighted by molar-refractivity contribution is 0.0913. The Morgan fingerprint density at radius 3 is 1.50 bits per heavy atom. The van der Waals surface area contributed by atoms with Crippen molar-refractivity contribution in [1.29, 1.82) is 5.26 Å². The van der Waals surface area contributed by atoms with Crippen LogP contribution in [0.15, 0.2) is 91.0 Å². The summed E-state index contributed by atoms with van der Waals surface area (Å²) in [5.74, 6) is 10.6.